The minimum absolute atomic E-state index is 0.0924. The summed E-state index contributed by atoms with van der Waals surface area (Å²) in [4.78, 5) is 27.9. The average Bonchev–Trinajstić information content (AvgIpc) is 3.38. The Morgan fingerprint density at radius 3 is 2.45 bits per heavy atom. The highest BCUT2D eigenvalue weighted by Crippen LogP contribution is 2.31. The Labute approximate surface area is 175 Å². The van der Waals surface area contributed by atoms with Crippen LogP contribution in [0.4, 0.5) is 20.4 Å². The number of halogens is 2. The molecule has 1 aromatic heterocycles. The molecule has 1 aliphatic rings. The van der Waals surface area contributed by atoms with Gasteiger partial charge in [0.05, 0.1) is 0 Å². The Balaban J connectivity index is 1.55. The molecule has 2 amide bonds. The fourth-order valence-electron chi connectivity index (χ4n) is 3.26. The smallest absolute Gasteiger partial charge is 0.273 e. The van der Waals surface area contributed by atoms with Crippen LogP contribution in [0.2, 0.25) is 0 Å². The topological polar surface area (TPSA) is 122 Å². The van der Waals surface area contributed by atoms with Gasteiger partial charge in [-0.05, 0) is 49.4 Å². The zero-order chi connectivity index (χ0) is 22.0. The van der Waals surface area contributed by atoms with Crippen LogP contribution in [0.25, 0.3) is 11.5 Å². The molecule has 160 valence electrons. The summed E-state index contributed by atoms with van der Waals surface area (Å²) in [5.74, 6) is -3.51. The van der Waals surface area contributed by atoms with E-state index in [1.54, 1.807) is 24.3 Å². The summed E-state index contributed by atoms with van der Waals surface area (Å²) in [6.07, 6.45) is 0.873. The Morgan fingerprint density at radius 2 is 1.84 bits per heavy atom. The van der Waals surface area contributed by atoms with Crippen molar-refractivity contribution < 1.29 is 22.8 Å². The molecule has 0 saturated carbocycles. The molecule has 1 fully saturated rings. The number of primary amides is 1. The van der Waals surface area contributed by atoms with Gasteiger partial charge in [-0.2, -0.15) is 0 Å². The van der Waals surface area contributed by atoms with Crippen LogP contribution >= 0.6 is 0 Å². The molecule has 0 aliphatic carbocycles. The van der Waals surface area contributed by atoms with E-state index in [1.807, 2.05) is 0 Å². The summed E-state index contributed by atoms with van der Waals surface area (Å²) in [5, 5.41) is 8.92. The van der Waals surface area contributed by atoms with E-state index in [0.29, 0.717) is 11.3 Å². The molecule has 0 unspecified atom stereocenters. The van der Waals surface area contributed by atoms with Crippen molar-refractivity contribution in [2.24, 2.45) is 5.73 Å². The van der Waals surface area contributed by atoms with Crippen molar-refractivity contribution in [1.82, 2.24) is 15.6 Å². The number of nitrogens with one attached hydrogen (secondary N) is 3. The molecule has 8 nitrogen and oxygen atoms in total. The van der Waals surface area contributed by atoms with Gasteiger partial charge < -0.3 is 26.1 Å². The maximum atomic E-state index is 14.1. The molecule has 31 heavy (non-hydrogen) atoms. The number of rotatable bonds is 6. The fourth-order valence-corrected chi connectivity index (χ4v) is 3.26. The van der Waals surface area contributed by atoms with Gasteiger partial charge >= 0.3 is 0 Å². The molecule has 1 aliphatic heterocycles. The van der Waals surface area contributed by atoms with Gasteiger partial charge in [-0.25, -0.2) is 13.8 Å². The van der Waals surface area contributed by atoms with Crippen LogP contribution in [0.3, 0.4) is 0 Å². The highest BCUT2D eigenvalue weighted by atomic mass is 19.1. The molecule has 4 rings (SSSR count). The molecular weight excluding hydrogens is 408 g/mol. The van der Waals surface area contributed by atoms with Crippen molar-refractivity contribution in [1.29, 1.82) is 0 Å². The highest BCUT2D eigenvalue weighted by Gasteiger charge is 2.23. The number of carbonyl (C=O) groups is 2. The fraction of sp³-hybridized carbons (Fsp3) is 0.190. The van der Waals surface area contributed by atoms with Crippen molar-refractivity contribution in [2.45, 2.75) is 12.5 Å². The second kappa shape index (κ2) is 8.52. The quantitative estimate of drug-likeness (QED) is 0.480. The van der Waals surface area contributed by atoms with E-state index in [-0.39, 0.29) is 23.5 Å². The van der Waals surface area contributed by atoms with Crippen molar-refractivity contribution in [2.75, 3.05) is 18.4 Å². The van der Waals surface area contributed by atoms with Gasteiger partial charge in [-0.3, -0.25) is 9.59 Å². The monoisotopic (exact) mass is 427 g/mol. The Hall–Kier alpha value is -3.79. The standard InChI is InChI=1S/C21H19F2N5O3/c22-14-2-1-3-15(23)16(14)20-28-17(18(24)29)21(31-20)27-12-6-4-11(5-7-12)19(30)26-13-8-9-25-10-13/h1-7,13,25,27H,8-10H2,(H2,24,29)(H,26,30)/t13-/m0/s1. The molecule has 1 saturated heterocycles. The summed E-state index contributed by atoms with van der Waals surface area (Å²) >= 11 is 0. The number of nitrogens with zero attached hydrogens (tertiary/aromatic N) is 1. The van der Waals surface area contributed by atoms with Gasteiger partial charge in [0, 0.05) is 23.8 Å². The minimum atomic E-state index is -0.935. The van der Waals surface area contributed by atoms with E-state index in [2.05, 4.69) is 20.9 Å². The molecule has 0 spiro atoms. The molecule has 2 aromatic carbocycles. The summed E-state index contributed by atoms with van der Waals surface area (Å²) in [6.45, 7) is 1.60. The van der Waals surface area contributed by atoms with Crippen LogP contribution in [0.15, 0.2) is 46.9 Å². The van der Waals surface area contributed by atoms with E-state index in [9.17, 15) is 18.4 Å². The maximum absolute atomic E-state index is 14.1. The SMILES string of the molecule is NC(=O)c1nc(-c2c(F)cccc2F)oc1Nc1ccc(C(=O)N[C@H]2CCNC2)cc1. The summed E-state index contributed by atoms with van der Waals surface area (Å²) in [5.41, 5.74) is 5.43. The highest BCUT2D eigenvalue weighted by molar-refractivity contribution is 5.97. The summed E-state index contributed by atoms with van der Waals surface area (Å²) in [7, 11) is 0. The lowest BCUT2D eigenvalue weighted by atomic mass is 10.1. The van der Waals surface area contributed by atoms with E-state index < -0.39 is 29.0 Å². The number of oxazole rings is 1. The van der Waals surface area contributed by atoms with Gasteiger partial charge in [-0.15, -0.1) is 0 Å². The van der Waals surface area contributed by atoms with Crippen molar-refractivity contribution in [3.63, 3.8) is 0 Å². The normalized spacial score (nSPS) is 15.6. The number of hydrogen-bond donors (Lipinski definition) is 4. The third-order valence-corrected chi connectivity index (χ3v) is 4.84. The lowest BCUT2D eigenvalue weighted by Crippen LogP contribution is -2.36. The molecule has 10 heteroatoms. The first-order valence-corrected chi connectivity index (χ1v) is 9.56. The van der Waals surface area contributed by atoms with Crippen molar-refractivity contribution in [3.8, 4) is 11.5 Å². The van der Waals surface area contributed by atoms with Crippen LogP contribution in [-0.2, 0) is 0 Å². The van der Waals surface area contributed by atoms with Crippen molar-refractivity contribution >= 4 is 23.4 Å². The first-order chi connectivity index (χ1) is 14.9. The van der Waals surface area contributed by atoms with Gasteiger partial charge in [0.1, 0.15) is 17.2 Å². The number of benzene rings is 2. The predicted octanol–water partition coefficient (Wildman–Crippen LogP) is 2.55. The molecule has 1 atom stereocenters. The first kappa shape index (κ1) is 20.5. The number of hydrogen-bond acceptors (Lipinski definition) is 6. The molecule has 2 heterocycles. The maximum Gasteiger partial charge on any atom is 0.273 e. The largest absolute Gasteiger partial charge is 0.419 e. The van der Waals surface area contributed by atoms with Crippen LogP contribution in [0, 0.1) is 11.6 Å². The zero-order valence-corrected chi connectivity index (χ0v) is 16.2. The number of aromatic nitrogens is 1. The third kappa shape index (κ3) is 4.38. The lowest BCUT2D eigenvalue weighted by Gasteiger charge is -2.11. The van der Waals surface area contributed by atoms with Gasteiger partial charge in [0.15, 0.2) is 5.69 Å². The van der Waals surface area contributed by atoms with E-state index in [4.69, 9.17) is 10.2 Å². The Bertz CT molecular complexity index is 1100. The Kier molecular flexibility index (Phi) is 5.63. The number of anilines is 2. The number of carbonyl (C=O) groups excluding carboxylic acids is 2. The van der Waals surface area contributed by atoms with Gasteiger partial charge in [0.2, 0.25) is 11.8 Å². The van der Waals surface area contributed by atoms with Gasteiger partial charge in [-0.1, -0.05) is 6.07 Å². The summed E-state index contributed by atoms with van der Waals surface area (Å²) in [6, 6.07) is 9.77. The second-order valence-electron chi connectivity index (χ2n) is 7.02. The van der Waals surface area contributed by atoms with Gasteiger partial charge in [0.25, 0.3) is 11.8 Å². The number of nitrogens with two attached hydrogens (primary N) is 1. The summed E-state index contributed by atoms with van der Waals surface area (Å²) < 4.78 is 33.5. The first-order valence-electron chi connectivity index (χ1n) is 9.56. The lowest BCUT2D eigenvalue weighted by molar-refractivity contribution is 0.0939. The Morgan fingerprint density at radius 1 is 1.13 bits per heavy atom. The van der Waals surface area contributed by atoms with E-state index in [0.717, 1.165) is 31.6 Å². The van der Waals surface area contributed by atoms with Crippen LogP contribution in [0.1, 0.15) is 27.3 Å². The molecule has 0 bridgehead atoms. The molecule has 3 aromatic rings. The van der Waals surface area contributed by atoms with Crippen molar-refractivity contribution in [3.05, 3.63) is 65.4 Å². The molecular formula is C21H19F2N5O3. The van der Waals surface area contributed by atoms with E-state index >= 15 is 0 Å². The zero-order valence-electron chi connectivity index (χ0n) is 16.2. The average molecular weight is 427 g/mol. The number of amides is 2. The van der Waals surface area contributed by atoms with Crippen LogP contribution in [-0.4, -0.2) is 35.9 Å². The minimum Gasteiger partial charge on any atom is -0.419 e. The third-order valence-electron chi connectivity index (χ3n) is 4.84. The van der Waals surface area contributed by atoms with Crippen LogP contribution in [0.5, 0.6) is 0 Å². The van der Waals surface area contributed by atoms with Crippen LogP contribution < -0.4 is 21.7 Å². The molecule has 5 N–H and O–H groups in total. The molecule has 0 radical (unpaired) electrons. The van der Waals surface area contributed by atoms with E-state index in [1.165, 1.54) is 6.07 Å². The second-order valence-corrected chi connectivity index (χ2v) is 7.02. The predicted molar refractivity (Wildman–Crippen MR) is 109 cm³/mol.